The van der Waals surface area contributed by atoms with Gasteiger partial charge in [-0.25, -0.2) is 0 Å². The number of benzene rings is 1. The highest BCUT2D eigenvalue weighted by atomic mass is 35.5. The molecule has 0 spiro atoms. The van der Waals surface area contributed by atoms with Gasteiger partial charge in [0.2, 0.25) is 5.91 Å². The van der Waals surface area contributed by atoms with Gasteiger partial charge in [-0.2, -0.15) is 0 Å². The van der Waals surface area contributed by atoms with Crippen molar-refractivity contribution >= 4 is 35.8 Å². The summed E-state index contributed by atoms with van der Waals surface area (Å²) in [6.07, 6.45) is 2.48. The molecule has 144 valence electrons. The van der Waals surface area contributed by atoms with E-state index in [1.807, 2.05) is 4.90 Å². The van der Waals surface area contributed by atoms with Crippen LogP contribution in [0.5, 0.6) is 5.75 Å². The Morgan fingerprint density at radius 2 is 2.00 bits per heavy atom. The maximum Gasteiger partial charge on any atom is 0.258 e. The van der Waals surface area contributed by atoms with Gasteiger partial charge in [-0.05, 0) is 44.0 Å². The van der Waals surface area contributed by atoms with Crippen LogP contribution in [-0.4, -0.2) is 67.5 Å². The highest BCUT2D eigenvalue weighted by Crippen LogP contribution is 2.28. The summed E-state index contributed by atoms with van der Waals surface area (Å²) < 4.78 is 5.30. The van der Waals surface area contributed by atoms with Crippen LogP contribution in [0, 0.1) is 0 Å². The summed E-state index contributed by atoms with van der Waals surface area (Å²) in [4.78, 5) is 29.6. The van der Waals surface area contributed by atoms with Gasteiger partial charge in [0.25, 0.3) is 5.91 Å². The zero-order valence-corrected chi connectivity index (χ0v) is 16.4. The molecule has 8 heteroatoms. The molecule has 0 bridgehead atoms. The quantitative estimate of drug-likeness (QED) is 0.842. The first kappa shape index (κ1) is 20.8. The predicted octanol–water partition coefficient (Wildman–Crippen LogP) is 2.20. The third-order valence-electron chi connectivity index (χ3n) is 4.84. The Morgan fingerprint density at radius 3 is 2.77 bits per heavy atom. The maximum absolute atomic E-state index is 13.0. The summed E-state index contributed by atoms with van der Waals surface area (Å²) in [6, 6.07) is 4.59. The lowest BCUT2D eigenvalue weighted by molar-refractivity contribution is -0.135. The van der Waals surface area contributed by atoms with Crippen molar-refractivity contribution in [2.75, 3.05) is 39.8 Å². The number of amides is 2. The minimum absolute atomic E-state index is 0. The molecule has 1 unspecified atom stereocenters. The third kappa shape index (κ3) is 4.42. The van der Waals surface area contributed by atoms with E-state index < -0.39 is 6.04 Å². The van der Waals surface area contributed by atoms with Crippen LogP contribution in [0.4, 0.5) is 0 Å². The van der Waals surface area contributed by atoms with E-state index >= 15 is 0 Å². The average Bonchev–Trinajstić information content (AvgIpc) is 2.95. The Morgan fingerprint density at radius 1 is 1.19 bits per heavy atom. The van der Waals surface area contributed by atoms with E-state index in [1.165, 1.54) is 7.11 Å². The Kier molecular flexibility index (Phi) is 7.55. The van der Waals surface area contributed by atoms with Gasteiger partial charge in [0.05, 0.1) is 12.7 Å². The number of likely N-dealkylation sites (tertiary alicyclic amines) is 1. The molecule has 26 heavy (non-hydrogen) atoms. The third-order valence-corrected chi connectivity index (χ3v) is 5.08. The zero-order valence-electron chi connectivity index (χ0n) is 14.9. The standard InChI is InChI=1S/C18H24ClN3O3.ClH/c1-25-16-6-5-13(19)12-14(16)17(23)22-10-2-4-15(22)18(24)21-9-3-7-20-8-11-21;/h5-6,12,15,20H,2-4,7-11H2,1H3;1H. The molecule has 0 saturated carbocycles. The molecule has 2 fully saturated rings. The van der Waals surface area contributed by atoms with Gasteiger partial charge in [0.1, 0.15) is 11.8 Å². The number of halogens is 2. The van der Waals surface area contributed by atoms with Gasteiger partial charge >= 0.3 is 0 Å². The van der Waals surface area contributed by atoms with Crippen LogP contribution in [0.25, 0.3) is 0 Å². The van der Waals surface area contributed by atoms with Crippen molar-refractivity contribution in [3.05, 3.63) is 28.8 Å². The summed E-state index contributed by atoms with van der Waals surface area (Å²) in [5, 5.41) is 3.77. The average molecular weight is 402 g/mol. The summed E-state index contributed by atoms with van der Waals surface area (Å²) in [5.41, 5.74) is 0.409. The monoisotopic (exact) mass is 401 g/mol. The molecular weight excluding hydrogens is 377 g/mol. The van der Waals surface area contributed by atoms with Crippen LogP contribution in [-0.2, 0) is 4.79 Å². The van der Waals surface area contributed by atoms with Crippen LogP contribution in [0.15, 0.2) is 18.2 Å². The van der Waals surface area contributed by atoms with Crippen molar-refractivity contribution in [1.82, 2.24) is 15.1 Å². The van der Waals surface area contributed by atoms with Gasteiger partial charge in [-0.15, -0.1) is 12.4 Å². The number of hydrogen-bond acceptors (Lipinski definition) is 4. The van der Waals surface area contributed by atoms with Crippen molar-refractivity contribution in [1.29, 1.82) is 0 Å². The van der Waals surface area contributed by atoms with Gasteiger partial charge in [-0.3, -0.25) is 9.59 Å². The normalized spacial score (nSPS) is 20.3. The maximum atomic E-state index is 13.0. The molecular formula is C18H25Cl2N3O3. The first-order chi connectivity index (χ1) is 12.1. The number of carbonyl (C=O) groups excluding carboxylic acids is 2. The largest absolute Gasteiger partial charge is 0.496 e. The molecule has 0 aliphatic carbocycles. The fourth-order valence-electron chi connectivity index (χ4n) is 3.55. The molecule has 1 atom stereocenters. The minimum atomic E-state index is -0.394. The molecule has 0 aromatic heterocycles. The summed E-state index contributed by atoms with van der Waals surface area (Å²) in [6.45, 7) is 3.74. The molecule has 2 aliphatic heterocycles. The van der Waals surface area contributed by atoms with Crippen LogP contribution in [0.1, 0.15) is 29.6 Å². The number of ether oxygens (including phenoxy) is 1. The van der Waals surface area contributed by atoms with E-state index in [0.29, 0.717) is 35.8 Å². The van der Waals surface area contributed by atoms with E-state index in [4.69, 9.17) is 16.3 Å². The number of hydrogen-bond donors (Lipinski definition) is 1. The second kappa shape index (κ2) is 9.44. The summed E-state index contributed by atoms with van der Waals surface area (Å²) in [7, 11) is 1.52. The predicted molar refractivity (Wildman–Crippen MR) is 103 cm³/mol. The molecule has 3 rings (SSSR count). The lowest BCUT2D eigenvalue weighted by atomic mass is 10.1. The fraction of sp³-hybridized carbons (Fsp3) is 0.556. The first-order valence-electron chi connectivity index (χ1n) is 8.76. The van der Waals surface area contributed by atoms with E-state index in [2.05, 4.69) is 5.32 Å². The smallest absolute Gasteiger partial charge is 0.258 e. The van der Waals surface area contributed by atoms with Gasteiger partial charge < -0.3 is 19.9 Å². The van der Waals surface area contributed by atoms with E-state index in [0.717, 1.165) is 32.5 Å². The lowest BCUT2D eigenvalue weighted by Gasteiger charge is -2.30. The van der Waals surface area contributed by atoms with Crippen molar-refractivity contribution in [3.63, 3.8) is 0 Å². The van der Waals surface area contributed by atoms with Crippen molar-refractivity contribution in [2.24, 2.45) is 0 Å². The lowest BCUT2D eigenvalue weighted by Crippen LogP contribution is -2.48. The SMILES string of the molecule is COc1ccc(Cl)cc1C(=O)N1CCCC1C(=O)N1CCCNCC1.Cl. The van der Waals surface area contributed by atoms with Gasteiger partial charge in [-0.1, -0.05) is 11.6 Å². The van der Waals surface area contributed by atoms with Gasteiger partial charge in [0.15, 0.2) is 0 Å². The second-order valence-electron chi connectivity index (χ2n) is 6.43. The molecule has 2 aliphatic rings. The van der Waals surface area contributed by atoms with Crippen molar-refractivity contribution < 1.29 is 14.3 Å². The van der Waals surface area contributed by atoms with Gasteiger partial charge in [0, 0.05) is 31.2 Å². The molecule has 1 aromatic carbocycles. The highest BCUT2D eigenvalue weighted by molar-refractivity contribution is 6.31. The number of nitrogens with one attached hydrogen (secondary N) is 1. The summed E-state index contributed by atoms with van der Waals surface area (Å²) >= 11 is 6.05. The minimum Gasteiger partial charge on any atom is -0.496 e. The zero-order chi connectivity index (χ0) is 17.8. The molecule has 1 aromatic rings. The van der Waals surface area contributed by atoms with Crippen LogP contribution >= 0.6 is 24.0 Å². The first-order valence-corrected chi connectivity index (χ1v) is 9.13. The van der Waals surface area contributed by atoms with Crippen LogP contribution in [0.2, 0.25) is 5.02 Å². The molecule has 2 amide bonds. The fourth-order valence-corrected chi connectivity index (χ4v) is 3.72. The van der Waals surface area contributed by atoms with Crippen molar-refractivity contribution in [3.8, 4) is 5.75 Å². The van der Waals surface area contributed by atoms with E-state index in [-0.39, 0.29) is 24.2 Å². The van der Waals surface area contributed by atoms with Crippen LogP contribution in [0.3, 0.4) is 0 Å². The summed E-state index contributed by atoms with van der Waals surface area (Å²) in [5.74, 6) is 0.338. The van der Waals surface area contributed by atoms with E-state index in [1.54, 1.807) is 23.1 Å². The van der Waals surface area contributed by atoms with Crippen molar-refractivity contribution in [2.45, 2.75) is 25.3 Å². The second-order valence-corrected chi connectivity index (χ2v) is 6.87. The molecule has 0 radical (unpaired) electrons. The Labute approximate surface area is 165 Å². The topological polar surface area (TPSA) is 61.9 Å². The highest BCUT2D eigenvalue weighted by Gasteiger charge is 2.37. The molecule has 2 saturated heterocycles. The Hall–Kier alpha value is -1.50. The Bertz CT molecular complexity index is 649. The Balaban J connectivity index is 0.00000243. The molecule has 1 N–H and O–H groups in total. The number of rotatable bonds is 3. The number of carbonyl (C=O) groups is 2. The number of nitrogens with zero attached hydrogens (tertiary/aromatic N) is 2. The molecule has 6 nitrogen and oxygen atoms in total. The number of methoxy groups -OCH3 is 1. The molecule has 2 heterocycles. The van der Waals surface area contributed by atoms with E-state index in [9.17, 15) is 9.59 Å². The van der Waals surface area contributed by atoms with Crippen LogP contribution < -0.4 is 10.1 Å².